The van der Waals surface area contributed by atoms with Crippen LogP contribution in [0.25, 0.3) is 0 Å². The highest BCUT2D eigenvalue weighted by Gasteiger charge is 2.46. The SMILES string of the molecule is C=CC(=O)Nc1cccc(N2C(=O)N(C3CC3)Cc3c2nc(Nc2ccc(Oc4ccnc(C(=O)NC)c4)cc2)nc3C(F)(F)F)c1. The van der Waals surface area contributed by atoms with Gasteiger partial charge < -0.3 is 25.6 Å². The molecule has 0 atom stereocenters. The Morgan fingerprint density at radius 3 is 2.47 bits per heavy atom. The van der Waals surface area contributed by atoms with Crippen LogP contribution in [0, 0.1) is 0 Å². The lowest BCUT2D eigenvalue weighted by Crippen LogP contribution is -2.47. The molecular weight excluding hydrogens is 617 g/mol. The largest absolute Gasteiger partial charge is 0.457 e. The average Bonchev–Trinajstić information content (AvgIpc) is 3.90. The number of urea groups is 1. The van der Waals surface area contributed by atoms with Crippen LogP contribution in [-0.2, 0) is 17.5 Å². The maximum Gasteiger partial charge on any atom is 0.433 e. The van der Waals surface area contributed by atoms with Crippen LogP contribution in [0.15, 0.2) is 79.5 Å². The van der Waals surface area contributed by atoms with Gasteiger partial charge in [0.25, 0.3) is 5.91 Å². The van der Waals surface area contributed by atoms with Crippen molar-refractivity contribution in [3.63, 3.8) is 0 Å². The van der Waals surface area contributed by atoms with E-state index in [4.69, 9.17) is 4.74 Å². The molecule has 240 valence electrons. The fraction of sp³-hybridized carbons (Fsp3) is 0.188. The second-order valence-electron chi connectivity index (χ2n) is 10.6. The lowest BCUT2D eigenvalue weighted by Gasteiger charge is -2.37. The standard InChI is InChI=1S/C32H27F3N8O4/c1-3-26(44)38-19-5-4-6-21(15-19)43-28-24(17-42(31(43)46)20-9-10-20)27(32(33,34)35)40-30(41-28)39-18-7-11-22(12-8-18)47-23-13-14-37-25(16-23)29(45)36-2/h3-8,11-16,20H,1,9-10,17H2,2H3,(H,36,45)(H,38,44)(H,39,40,41). The van der Waals surface area contributed by atoms with Crippen LogP contribution < -0.4 is 25.6 Å². The molecule has 0 bridgehead atoms. The number of ether oxygens (including phenoxy) is 1. The molecule has 15 heteroatoms. The van der Waals surface area contributed by atoms with Crippen molar-refractivity contribution in [3.05, 3.63) is 96.5 Å². The minimum Gasteiger partial charge on any atom is -0.457 e. The number of fused-ring (bicyclic) bond motifs is 1. The minimum atomic E-state index is -4.86. The summed E-state index contributed by atoms with van der Waals surface area (Å²) in [7, 11) is 1.48. The summed E-state index contributed by atoms with van der Waals surface area (Å²) < 4.78 is 49.4. The van der Waals surface area contributed by atoms with Crippen LogP contribution in [0.1, 0.15) is 34.6 Å². The highest BCUT2D eigenvalue weighted by atomic mass is 19.4. The molecule has 1 saturated carbocycles. The van der Waals surface area contributed by atoms with Crippen LogP contribution in [0.2, 0.25) is 0 Å². The van der Waals surface area contributed by atoms with Gasteiger partial charge in [-0.2, -0.15) is 18.2 Å². The monoisotopic (exact) mass is 644 g/mol. The molecule has 1 fully saturated rings. The maximum atomic E-state index is 14.5. The molecule has 0 spiro atoms. The number of amides is 4. The van der Waals surface area contributed by atoms with Crippen LogP contribution in [0.4, 0.5) is 46.8 Å². The zero-order valence-electron chi connectivity index (χ0n) is 24.8. The smallest absolute Gasteiger partial charge is 0.433 e. The first kappa shape index (κ1) is 31.0. The van der Waals surface area contributed by atoms with Gasteiger partial charge in [0.2, 0.25) is 11.9 Å². The van der Waals surface area contributed by atoms with E-state index in [1.165, 1.54) is 30.3 Å². The quantitative estimate of drug-likeness (QED) is 0.184. The topological polar surface area (TPSA) is 142 Å². The van der Waals surface area contributed by atoms with Crippen LogP contribution in [0.3, 0.4) is 0 Å². The summed E-state index contributed by atoms with van der Waals surface area (Å²) in [6.07, 6.45) is -1.03. The highest BCUT2D eigenvalue weighted by molar-refractivity contribution is 6.03. The fourth-order valence-electron chi connectivity index (χ4n) is 4.97. The number of alkyl halides is 3. The second-order valence-corrected chi connectivity index (χ2v) is 10.6. The lowest BCUT2D eigenvalue weighted by molar-refractivity contribution is -0.142. The van der Waals surface area contributed by atoms with Crippen molar-refractivity contribution in [2.45, 2.75) is 31.6 Å². The summed E-state index contributed by atoms with van der Waals surface area (Å²) in [5.74, 6) is -0.758. The van der Waals surface area contributed by atoms with Crippen LogP contribution >= 0.6 is 0 Å². The molecular formula is C32H27F3N8O4. The number of benzene rings is 2. The van der Waals surface area contributed by atoms with E-state index in [-0.39, 0.29) is 47.2 Å². The number of hydrogen-bond acceptors (Lipinski definition) is 8. The zero-order valence-corrected chi connectivity index (χ0v) is 24.8. The predicted molar refractivity (Wildman–Crippen MR) is 166 cm³/mol. The molecule has 12 nitrogen and oxygen atoms in total. The number of pyridine rings is 1. The molecule has 47 heavy (non-hydrogen) atoms. The van der Waals surface area contributed by atoms with Gasteiger partial charge in [0.1, 0.15) is 17.2 Å². The Labute approximate surface area is 266 Å². The van der Waals surface area contributed by atoms with Gasteiger partial charge in [-0.1, -0.05) is 12.6 Å². The summed E-state index contributed by atoms with van der Waals surface area (Å²) in [6, 6.07) is 14.7. The van der Waals surface area contributed by atoms with Gasteiger partial charge >= 0.3 is 12.2 Å². The molecule has 0 saturated heterocycles. The predicted octanol–water partition coefficient (Wildman–Crippen LogP) is 6.15. The van der Waals surface area contributed by atoms with Crippen LogP contribution in [0.5, 0.6) is 11.5 Å². The van der Waals surface area contributed by atoms with Crippen molar-refractivity contribution >= 4 is 46.7 Å². The van der Waals surface area contributed by atoms with Gasteiger partial charge in [0, 0.05) is 42.3 Å². The first-order chi connectivity index (χ1) is 22.5. The second kappa shape index (κ2) is 12.4. The molecule has 3 N–H and O–H groups in total. The third-order valence-electron chi connectivity index (χ3n) is 7.31. The molecule has 1 aliphatic carbocycles. The van der Waals surface area contributed by atoms with E-state index in [2.05, 4.69) is 37.5 Å². The fourth-order valence-corrected chi connectivity index (χ4v) is 4.97. The molecule has 2 aromatic carbocycles. The Hall–Kier alpha value is -5.99. The van der Waals surface area contributed by atoms with Crippen molar-refractivity contribution < 1.29 is 32.3 Å². The first-order valence-electron chi connectivity index (χ1n) is 14.4. The minimum absolute atomic E-state index is 0.161. The number of nitrogens with one attached hydrogen (secondary N) is 3. The third-order valence-corrected chi connectivity index (χ3v) is 7.31. The van der Waals surface area contributed by atoms with E-state index < -0.39 is 23.8 Å². The van der Waals surface area contributed by atoms with Crippen molar-refractivity contribution in [3.8, 4) is 11.5 Å². The molecule has 6 rings (SSSR count). The molecule has 0 radical (unpaired) electrons. The van der Waals surface area contributed by atoms with E-state index in [9.17, 15) is 27.6 Å². The average molecular weight is 645 g/mol. The van der Waals surface area contributed by atoms with Gasteiger partial charge in [0.15, 0.2) is 11.5 Å². The van der Waals surface area contributed by atoms with Gasteiger partial charge in [-0.25, -0.2) is 14.7 Å². The molecule has 2 aromatic heterocycles. The summed E-state index contributed by atoms with van der Waals surface area (Å²) in [6.45, 7) is 3.12. The highest BCUT2D eigenvalue weighted by Crippen LogP contribution is 2.44. The first-order valence-corrected chi connectivity index (χ1v) is 14.4. The van der Waals surface area contributed by atoms with E-state index in [1.807, 2.05) is 0 Å². The number of hydrogen-bond donors (Lipinski definition) is 3. The van der Waals surface area contributed by atoms with Gasteiger partial charge in [0.05, 0.1) is 12.2 Å². The van der Waals surface area contributed by atoms with Crippen molar-refractivity contribution in [2.24, 2.45) is 0 Å². The van der Waals surface area contributed by atoms with E-state index in [1.54, 1.807) is 48.5 Å². The Balaban J connectivity index is 1.34. The Bertz CT molecular complexity index is 1880. The molecule has 4 amide bonds. The molecule has 1 aliphatic heterocycles. The number of carbonyl (C=O) groups excluding carboxylic acids is 3. The molecule has 4 aromatic rings. The lowest BCUT2D eigenvalue weighted by atomic mass is 10.1. The molecule has 0 unspecified atom stereocenters. The number of aromatic nitrogens is 3. The molecule has 3 heterocycles. The van der Waals surface area contributed by atoms with Crippen molar-refractivity contribution in [1.82, 2.24) is 25.2 Å². The normalized spacial score (nSPS) is 14.3. The number of rotatable bonds is 9. The Morgan fingerprint density at radius 1 is 1.02 bits per heavy atom. The van der Waals surface area contributed by atoms with Crippen molar-refractivity contribution in [1.29, 1.82) is 0 Å². The van der Waals surface area contributed by atoms with Gasteiger partial charge in [-0.05, 0) is 67.4 Å². The molecule has 2 aliphatic rings. The summed E-state index contributed by atoms with van der Waals surface area (Å²) >= 11 is 0. The number of halogens is 3. The van der Waals surface area contributed by atoms with E-state index in [0.29, 0.717) is 35.7 Å². The number of carbonyl (C=O) groups is 3. The summed E-state index contributed by atoms with van der Waals surface area (Å²) in [5, 5.41) is 7.89. The van der Waals surface area contributed by atoms with Gasteiger partial charge in [-0.15, -0.1) is 0 Å². The van der Waals surface area contributed by atoms with Crippen molar-refractivity contribution in [2.75, 3.05) is 22.6 Å². The zero-order chi connectivity index (χ0) is 33.3. The maximum absolute atomic E-state index is 14.5. The van der Waals surface area contributed by atoms with E-state index in [0.717, 1.165) is 11.0 Å². The summed E-state index contributed by atoms with van der Waals surface area (Å²) in [4.78, 5) is 52.4. The number of nitrogens with zero attached hydrogens (tertiary/aromatic N) is 5. The Morgan fingerprint density at radius 2 is 1.79 bits per heavy atom. The third kappa shape index (κ3) is 6.68. The van der Waals surface area contributed by atoms with Crippen LogP contribution in [-0.4, -0.2) is 50.8 Å². The Kier molecular flexibility index (Phi) is 8.20. The number of anilines is 5. The van der Waals surface area contributed by atoms with Gasteiger partial charge in [-0.3, -0.25) is 14.6 Å². The summed E-state index contributed by atoms with van der Waals surface area (Å²) in [5.41, 5.74) is -0.393. The van der Waals surface area contributed by atoms with E-state index >= 15 is 0 Å².